The van der Waals surface area contributed by atoms with Gasteiger partial charge in [0.15, 0.2) is 6.29 Å². The Balaban J connectivity index is 2.41. The molecule has 1 unspecified atom stereocenters. The molecule has 2 heteroatoms. The second kappa shape index (κ2) is 4.31. The van der Waals surface area contributed by atoms with Crippen LogP contribution < -0.4 is 4.74 Å². The van der Waals surface area contributed by atoms with E-state index in [1.165, 1.54) is 0 Å². The zero-order chi connectivity index (χ0) is 12.5. The van der Waals surface area contributed by atoms with Crippen LogP contribution in [0.4, 0.5) is 0 Å². The van der Waals surface area contributed by atoms with E-state index in [0.717, 1.165) is 27.3 Å². The molecule has 2 nitrogen and oxygen atoms in total. The Morgan fingerprint density at radius 1 is 0.889 bits per heavy atom. The molecule has 0 saturated carbocycles. The third kappa shape index (κ3) is 1.81. The average Bonchev–Trinajstić information content (AvgIpc) is 2.38. The Morgan fingerprint density at radius 3 is 1.89 bits per heavy atom. The van der Waals surface area contributed by atoms with E-state index in [-0.39, 0.29) is 0 Å². The number of hydrogen-bond donors (Lipinski definition) is 1. The summed E-state index contributed by atoms with van der Waals surface area (Å²) in [5.74, 6) is 0.749. The zero-order valence-electron chi connectivity index (χ0n) is 10.1. The maximum Gasteiger partial charge on any atom is 0.194 e. The topological polar surface area (TPSA) is 29.5 Å². The van der Waals surface area contributed by atoms with Gasteiger partial charge >= 0.3 is 0 Å². The Kier molecular flexibility index (Phi) is 2.65. The molecule has 0 saturated heterocycles. The predicted molar refractivity (Wildman–Crippen MR) is 73.8 cm³/mol. The number of aliphatic hydroxyl groups is 1. The van der Waals surface area contributed by atoms with Crippen molar-refractivity contribution < 1.29 is 9.84 Å². The van der Waals surface area contributed by atoms with Crippen LogP contribution in [-0.4, -0.2) is 11.4 Å². The summed E-state index contributed by atoms with van der Waals surface area (Å²) in [6.07, 6.45) is -0.820. The van der Waals surface area contributed by atoms with Crippen molar-refractivity contribution in [2.45, 2.75) is 13.2 Å². The summed E-state index contributed by atoms with van der Waals surface area (Å²) in [6, 6.07) is 18.2. The maximum atomic E-state index is 9.50. The van der Waals surface area contributed by atoms with Gasteiger partial charge in [0, 0.05) is 10.8 Å². The molecule has 0 fully saturated rings. The number of aliphatic hydroxyl groups excluding tert-OH is 1. The van der Waals surface area contributed by atoms with Crippen molar-refractivity contribution in [3.05, 3.63) is 54.6 Å². The van der Waals surface area contributed by atoms with E-state index in [4.69, 9.17) is 4.74 Å². The van der Waals surface area contributed by atoms with E-state index in [9.17, 15) is 5.11 Å². The summed E-state index contributed by atoms with van der Waals surface area (Å²) in [4.78, 5) is 0. The molecule has 0 aromatic heterocycles. The van der Waals surface area contributed by atoms with Gasteiger partial charge in [0.1, 0.15) is 5.75 Å². The van der Waals surface area contributed by atoms with Crippen molar-refractivity contribution in [2.24, 2.45) is 0 Å². The highest BCUT2D eigenvalue weighted by molar-refractivity contribution is 6.05. The van der Waals surface area contributed by atoms with E-state index in [1.807, 2.05) is 36.4 Å². The van der Waals surface area contributed by atoms with E-state index in [1.54, 1.807) is 6.92 Å². The van der Waals surface area contributed by atoms with Crippen molar-refractivity contribution in [3.8, 4) is 5.75 Å². The Hall–Kier alpha value is -2.06. The van der Waals surface area contributed by atoms with Crippen LogP contribution in [-0.2, 0) is 0 Å². The molecule has 0 aliphatic carbocycles. The van der Waals surface area contributed by atoms with Crippen molar-refractivity contribution in [3.63, 3.8) is 0 Å². The number of fused-ring (bicyclic) bond motifs is 2. The van der Waals surface area contributed by atoms with Crippen LogP contribution in [0.1, 0.15) is 6.92 Å². The standard InChI is InChI=1S/C16H14O2/c1-11(17)18-16-14-8-4-2-6-12(14)10-13-7-3-5-9-15(13)16/h2-11,17H,1H3. The fourth-order valence-corrected chi connectivity index (χ4v) is 2.27. The largest absolute Gasteiger partial charge is 0.464 e. The third-order valence-corrected chi connectivity index (χ3v) is 3.01. The van der Waals surface area contributed by atoms with E-state index >= 15 is 0 Å². The molecule has 3 rings (SSSR count). The molecule has 0 spiro atoms. The first-order valence-corrected chi connectivity index (χ1v) is 6.01. The molecule has 0 amide bonds. The monoisotopic (exact) mass is 238 g/mol. The van der Waals surface area contributed by atoms with Gasteiger partial charge in [-0.2, -0.15) is 0 Å². The first-order valence-electron chi connectivity index (χ1n) is 6.01. The maximum absolute atomic E-state index is 9.50. The van der Waals surface area contributed by atoms with Crippen molar-refractivity contribution >= 4 is 21.5 Å². The number of benzene rings is 3. The Labute approximate surface area is 105 Å². The number of ether oxygens (including phenoxy) is 1. The van der Waals surface area contributed by atoms with E-state index in [2.05, 4.69) is 18.2 Å². The lowest BCUT2D eigenvalue weighted by molar-refractivity contribution is 0.00200. The summed E-state index contributed by atoms with van der Waals surface area (Å²) in [5, 5.41) is 13.8. The lowest BCUT2D eigenvalue weighted by Crippen LogP contribution is -2.10. The molecule has 0 radical (unpaired) electrons. The summed E-state index contributed by atoms with van der Waals surface area (Å²) in [7, 11) is 0. The second-order valence-corrected chi connectivity index (χ2v) is 4.37. The predicted octanol–water partition coefficient (Wildman–Crippen LogP) is 3.71. The summed E-state index contributed by atoms with van der Waals surface area (Å²) < 4.78 is 5.60. The van der Waals surface area contributed by atoms with Gasteiger partial charge in [-0.3, -0.25) is 0 Å². The molecule has 1 N–H and O–H groups in total. The van der Waals surface area contributed by atoms with Gasteiger partial charge < -0.3 is 9.84 Å². The number of hydrogen-bond acceptors (Lipinski definition) is 2. The highest BCUT2D eigenvalue weighted by Crippen LogP contribution is 2.35. The van der Waals surface area contributed by atoms with E-state index in [0.29, 0.717) is 0 Å². The van der Waals surface area contributed by atoms with Crippen molar-refractivity contribution in [1.29, 1.82) is 0 Å². The third-order valence-electron chi connectivity index (χ3n) is 3.01. The lowest BCUT2D eigenvalue weighted by atomic mass is 10.0. The molecule has 3 aromatic carbocycles. The Morgan fingerprint density at radius 2 is 1.39 bits per heavy atom. The average molecular weight is 238 g/mol. The summed E-state index contributed by atoms with van der Waals surface area (Å²) >= 11 is 0. The summed E-state index contributed by atoms with van der Waals surface area (Å²) in [5.41, 5.74) is 0. The molecular weight excluding hydrogens is 224 g/mol. The molecule has 0 heterocycles. The van der Waals surface area contributed by atoms with Crippen molar-refractivity contribution in [2.75, 3.05) is 0 Å². The highest BCUT2D eigenvalue weighted by Gasteiger charge is 2.09. The van der Waals surface area contributed by atoms with Crippen LogP contribution in [0.15, 0.2) is 54.6 Å². The van der Waals surface area contributed by atoms with Crippen LogP contribution in [0, 0.1) is 0 Å². The van der Waals surface area contributed by atoms with Gasteiger partial charge in [-0.1, -0.05) is 48.5 Å². The molecule has 1 atom stereocenters. The molecule has 3 aromatic rings. The van der Waals surface area contributed by atoms with Crippen LogP contribution in [0.5, 0.6) is 5.75 Å². The molecule has 0 bridgehead atoms. The van der Waals surface area contributed by atoms with Crippen LogP contribution in [0.3, 0.4) is 0 Å². The summed E-state index contributed by atoms with van der Waals surface area (Å²) in [6.45, 7) is 1.62. The minimum Gasteiger partial charge on any atom is -0.464 e. The van der Waals surface area contributed by atoms with Gasteiger partial charge in [-0.25, -0.2) is 0 Å². The van der Waals surface area contributed by atoms with Gasteiger partial charge in [-0.15, -0.1) is 0 Å². The fourth-order valence-electron chi connectivity index (χ4n) is 2.27. The molecular formula is C16H14O2. The highest BCUT2D eigenvalue weighted by atomic mass is 16.6. The first-order chi connectivity index (χ1) is 8.75. The van der Waals surface area contributed by atoms with Crippen molar-refractivity contribution in [1.82, 2.24) is 0 Å². The molecule has 90 valence electrons. The quantitative estimate of drug-likeness (QED) is 0.544. The van der Waals surface area contributed by atoms with Gasteiger partial charge in [0.25, 0.3) is 0 Å². The molecule has 18 heavy (non-hydrogen) atoms. The lowest BCUT2D eigenvalue weighted by Gasteiger charge is -2.14. The van der Waals surface area contributed by atoms with Gasteiger partial charge in [0.05, 0.1) is 0 Å². The fraction of sp³-hybridized carbons (Fsp3) is 0.125. The van der Waals surface area contributed by atoms with Crippen LogP contribution in [0.2, 0.25) is 0 Å². The van der Waals surface area contributed by atoms with Gasteiger partial charge in [-0.05, 0) is 23.8 Å². The van der Waals surface area contributed by atoms with Gasteiger partial charge in [0.2, 0.25) is 0 Å². The van der Waals surface area contributed by atoms with Crippen LogP contribution >= 0.6 is 0 Å². The second-order valence-electron chi connectivity index (χ2n) is 4.37. The normalized spacial score (nSPS) is 12.8. The van der Waals surface area contributed by atoms with E-state index < -0.39 is 6.29 Å². The minimum atomic E-state index is -0.820. The SMILES string of the molecule is CC(O)Oc1c2ccccc2cc2ccccc12. The minimum absolute atomic E-state index is 0.749. The van der Waals surface area contributed by atoms with Crippen LogP contribution in [0.25, 0.3) is 21.5 Å². The Bertz CT molecular complexity index is 648. The zero-order valence-corrected chi connectivity index (χ0v) is 10.1. The number of rotatable bonds is 2. The first kappa shape index (κ1) is 11.1. The smallest absolute Gasteiger partial charge is 0.194 e. The molecule has 0 aliphatic rings. The molecule has 0 aliphatic heterocycles.